The van der Waals surface area contributed by atoms with Crippen LogP contribution < -0.4 is 10.1 Å². The average molecular weight is 328 g/mol. The highest BCUT2D eigenvalue weighted by molar-refractivity contribution is 9.10. The Bertz CT molecular complexity index is 379. The first-order valence-corrected chi connectivity index (χ1v) is 7.93. The van der Waals surface area contributed by atoms with Gasteiger partial charge < -0.3 is 10.1 Å². The lowest BCUT2D eigenvalue weighted by Gasteiger charge is -2.22. The van der Waals surface area contributed by atoms with Gasteiger partial charge in [0.15, 0.2) is 0 Å². The van der Waals surface area contributed by atoms with Gasteiger partial charge in [0.05, 0.1) is 7.11 Å². The standard InChI is InChI=1S/C16H26BrNO/c1-5-10-18-15(12(2)3)8-6-13-11-14(17)7-9-16(13)19-4/h7,9,11-12,15,18H,5-6,8,10H2,1-4H3. The van der Waals surface area contributed by atoms with Gasteiger partial charge in [-0.3, -0.25) is 0 Å². The van der Waals surface area contributed by atoms with Crippen molar-refractivity contribution in [2.75, 3.05) is 13.7 Å². The van der Waals surface area contributed by atoms with Gasteiger partial charge in [-0.2, -0.15) is 0 Å². The fourth-order valence-electron chi connectivity index (χ4n) is 2.25. The van der Waals surface area contributed by atoms with E-state index in [4.69, 9.17) is 4.74 Å². The molecule has 0 fully saturated rings. The minimum absolute atomic E-state index is 0.573. The fourth-order valence-corrected chi connectivity index (χ4v) is 2.66. The van der Waals surface area contributed by atoms with E-state index >= 15 is 0 Å². The number of halogens is 1. The predicted octanol–water partition coefficient (Wildman–Crippen LogP) is 4.41. The molecule has 1 unspecified atom stereocenters. The molecular formula is C16H26BrNO. The van der Waals surface area contributed by atoms with E-state index < -0.39 is 0 Å². The third kappa shape index (κ3) is 5.53. The summed E-state index contributed by atoms with van der Waals surface area (Å²) in [4.78, 5) is 0. The Balaban J connectivity index is 2.65. The van der Waals surface area contributed by atoms with Gasteiger partial charge in [0.1, 0.15) is 5.75 Å². The van der Waals surface area contributed by atoms with Crippen molar-refractivity contribution in [3.8, 4) is 5.75 Å². The van der Waals surface area contributed by atoms with Crippen LogP contribution in [0.4, 0.5) is 0 Å². The van der Waals surface area contributed by atoms with E-state index in [-0.39, 0.29) is 0 Å². The maximum absolute atomic E-state index is 5.43. The summed E-state index contributed by atoms with van der Waals surface area (Å²) < 4.78 is 6.55. The zero-order valence-corrected chi connectivity index (χ0v) is 14.1. The van der Waals surface area contributed by atoms with Crippen molar-refractivity contribution in [2.24, 2.45) is 5.92 Å². The van der Waals surface area contributed by atoms with Crippen LogP contribution in [-0.4, -0.2) is 19.7 Å². The first kappa shape index (κ1) is 16.5. The molecule has 108 valence electrons. The molecule has 0 radical (unpaired) electrons. The van der Waals surface area contributed by atoms with E-state index in [9.17, 15) is 0 Å². The summed E-state index contributed by atoms with van der Waals surface area (Å²) in [6.45, 7) is 7.87. The topological polar surface area (TPSA) is 21.3 Å². The molecule has 0 amide bonds. The molecule has 2 nitrogen and oxygen atoms in total. The summed E-state index contributed by atoms with van der Waals surface area (Å²) in [5, 5.41) is 3.64. The third-order valence-electron chi connectivity index (χ3n) is 3.43. The summed E-state index contributed by atoms with van der Waals surface area (Å²) in [7, 11) is 1.74. The molecular weight excluding hydrogens is 302 g/mol. The number of benzene rings is 1. The molecule has 0 aromatic heterocycles. The maximum atomic E-state index is 5.43. The average Bonchev–Trinajstić information content (AvgIpc) is 2.38. The van der Waals surface area contributed by atoms with E-state index in [0.717, 1.165) is 29.6 Å². The number of methoxy groups -OCH3 is 1. The zero-order valence-electron chi connectivity index (χ0n) is 12.5. The quantitative estimate of drug-likeness (QED) is 0.763. The molecule has 0 bridgehead atoms. The van der Waals surface area contributed by atoms with Gasteiger partial charge >= 0.3 is 0 Å². The second-order valence-corrected chi connectivity index (χ2v) is 6.22. The first-order chi connectivity index (χ1) is 9.08. The van der Waals surface area contributed by atoms with E-state index in [1.807, 2.05) is 12.1 Å². The van der Waals surface area contributed by atoms with Crippen LogP contribution in [0.2, 0.25) is 0 Å². The summed E-state index contributed by atoms with van der Waals surface area (Å²) in [6.07, 6.45) is 3.37. The molecule has 0 saturated carbocycles. The van der Waals surface area contributed by atoms with Gasteiger partial charge in [0.2, 0.25) is 0 Å². The van der Waals surface area contributed by atoms with Gasteiger partial charge in [0.25, 0.3) is 0 Å². The van der Waals surface area contributed by atoms with Gasteiger partial charge in [-0.15, -0.1) is 0 Å². The summed E-state index contributed by atoms with van der Waals surface area (Å²) in [5.74, 6) is 1.64. The molecule has 1 atom stereocenters. The summed E-state index contributed by atoms with van der Waals surface area (Å²) in [6, 6.07) is 6.79. The molecule has 0 saturated heterocycles. The van der Waals surface area contributed by atoms with Gasteiger partial charge in [0, 0.05) is 10.5 Å². The van der Waals surface area contributed by atoms with Crippen molar-refractivity contribution < 1.29 is 4.74 Å². The Hall–Kier alpha value is -0.540. The highest BCUT2D eigenvalue weighted by atomic mass is 79.9. The minimum atomic E-state index is 0.573. The second-order valence-electron chi connectivity index (χ2n) is 5.30. The van der Waals surface area contributed by atoms with Crippen LogP contribution >= 0.6 is 15.9 Å². The van der Waals surface area contributed by atoms with Crippen LogP contribution in [0, 0.1) is 5.92 Å². The van der Waals surface area contributed by atoms with Crippen molar-refractivity contribution in [3.63, 3.8) is 0 Å². The van der Waals surface area contributed by atoms with Crippen LogP contribution in [0.25, 0.3) is 0 Å². The number of nitrogens with one attached hydrogen (secondary N) is 1. The molecule has 1 rings (SSSR count). The Morgan fingerprint density at radius 2 is 2.05 bits per heavy atom. The van der Waals surface area contributed by atoms with Crippen LogP contribution in [0.5, 0.6) is 5.75 Å². The normalized spacial score (nSPS) is 12.7. The van der Waals surface area contributed by atoms with Crippen LogP contribution in [0.1, 0.15) is 39.2 Å². The molecule has 1 N–H and O–H groups in total. The third-order valence-corrected chi connectivity index (χ3v) is 3.92. The highest BCUT2D eigenvalue weighted by Crippen LogP contribution is 2.25. The Labute approximate surface area is 126 Å². The molecule has 19 heavy (non-hydrogen) atoms. The molecule has 3 heteroatoms. The lowest BCUT2D eigenvalue weighted by molar-refractivity contribution is 0.372. The van der Waals surface area contributed by atoms with Crippen molar-refractivity contribution in [1.29, 1.82) is 0 Å². The van der Waals surface area contributed by atoms with E-state index in [1.165, 1.54) is 12.0 Å². The Morgan fingerprint density at radius 1 is 1.32 bits per heavy atom. The lowest BCUT2D eigenvalue weighted by atomic mass is 9.96. The minimum Gasteiger partial charge on any atom is -0.496 e. The Morgan fingerprint density at radius 3 is 2.63 bits per heavy atom. The zero-order chi connectivity index (χ0) is 14.3. The summed E-state index contributed by atoms with van der Waals surface area (Å²) >= 11 is 3.53. The smallest absolute Gasteiger partial charge is 0.122 e. The van der Waals surface area contributed by atoms with Gasteiger partial charge in [-0.25, -0.2) is 0 Å². The molecule has 0 spiro atoms. The molecule has 0 aliphatic rings. The number of aryl methyl sites for hydroxylation is 1. The lowest BCUT2D eigenvalue weighted by Crippen LogP contribution is -2.34. The van der Waals surface area contributed by atoms with Crippen molar-refractivity contribution in [1.82, 2.24) is 5.32 Å². The number of hydrogen-bond acceptors (Lipinski definition) is 2. The number of hydrogen-bond donors (Lipinski definition) is 1. The van der Waals surface area contributed by atoms with E-state index in [0.29, 0.717) is 12.0 Å². The van der Waals surface area contributed by atoms with Crippen molar-refractivity contribution in [2.45, 2.75) is 46.1 Å². The van der Waals surface area contributed by atoms with E-state index in [2.05, 4.69) is 48.1 Å². The SMILES string of the molecule is CCCNC(CCc1cc(Br)ccc1OC)C(C)C. The summed E-state index contributed by atoms with van der Waals surface area (Å²) in [5.41, 5.74) is 1.28. The highest BCUT2D eigenvalue weighted by Gasteiger charge is 2.13. The first-order valence-electron chi connectivity index (χ1n) is 7.14. The molecule has 0 heterocycles. The maximum Gasteiger partial charge on any atom is 0.122 e. The second kappa shape index (κ2) is 8.60. The van der Waals surface area contributed by atoms with Crippen LogP contribution in [0.3, 0.4) is 0 Å². The largest absolute Gasteiger partial charge is 0.496 e. The molecule has 0 aliphatic carbocycles. The molecule has 1 aromatic carbocycles. The Kier molecular flexibility index (Phi) is 7.47. The predicted molar refractivity (Wildman–Crippen MR) is 85.9 cm³/mol. The molecule has 0 aliphatic heterocycles. The van der Waals surface area contributed by atoms with Crippen molar-refractivity contribution in [3.05, 3.63) is 28.2 Å². The monoisotopic (exact) mass is 327 g/mol. The van der Waals surface area contributed by atoms with Crippen LogP contribution in [0.15, 0.2) is 22.7 Å². The van der Waals surface area contributed by atoms with Crippen molar-refractivity contribution >= 4 is 15.9 Å². The number of rotatable bonds is 8. The van der Waals surface area contributed by atoms with Crippen LogP contribution in [-0.2, 0) is 6.42 Å². The van der Waals surface area contributed by atoms with Gasteiger partial charge in [-0.1, -0.05) is 36.7 Å². The molecule has 1 aromatic rings. The fraction of sp³-hybridized carbons (Fsp3) is 0.625. The van der Waals surface area contributed by atoms with Gasteiger partial charge in [-0.05, 0) is 55.5 Å². The van der Waals surface area contributed by atoms with E-state index in [1.54, 1.807) is 7.11 Å². The number of ether oxygens (including phenoxy) is 1.